The summed E-state index contributed by atoms with van der Waals surface area (Å²) >= 11 is 0. The van der Waals surface area contributed by atoms with Crippen molar-refractivity contribution in [3.05, 3.63) is 54.1 Å². The number of nitrogens with one attached hydrogen (secondary N) is 3. The lowest BCUT2D eigenvalue weighted by molar-refractivity contribution is -0.141. The van der Waals surface area contributed by atoms with E-state index in [0.717, 1.165) is 67.9 Å². The monoisotopic (exact) mass is 843 g/mol. The third kappa shape index (κ3) is 9.20. The van der Waals surface area contributed by atoms with Crippen LogP contribution >= 0.6 is 0 Å². The van der Waals surface area contributed by atoms with E-state index in [0.29, 0.717) is 61.2 Å². The van der Waals surface area contributed by atoms with Gasteiger partial charge in [0, 0.05) is 29.5 Å². The molecule has 2 saturated carbocycles. The molecule has 60 heavy (non-hydrogen) atoms. The van der Waals surface area contributed by atoms with Crippen LogP contribution in [-0.4, -0.2) is 91.4 Å². The van der Waals surface area contributed by atoms with Crippen molar-refractivity contribution in [1.82, 2.24) is 25.2 Å². The maximum absolute atomic E-state index is 14.8. The number of alkyl carbamates (subject to hydrolysis) is 1. The number of carbonyl (C=O) groups excluding carboxylic acids is 4. The number of rotatable bonds is 5. The van der Waals surface area contributed by atoms with Gasteiger partial charge in [-0.3, -0.25) is 19.1 Å². The predicted molar refractivity (Wildman–Crippen MR) is 225 cm³/mol. The zero-order valence-corrected chi connectivity index (χ0v) is 35.4. The van der Waals surface area contributed by atoms with Crippen molar-refractivity contribution in [2.75, 3.05) is 20.3 Å². The molecule has 15 heteroatoms. The van der Waals surface area contributed by atoms with Crippen molar-refractivity contribution in [1.29, 1.82) is 0 Å². The van der Waals surface area contributed by atoms with Crippen LogP contribution in [0.5, 0.6) is 11.5 Å². The Morgan fingerprint density at radius 3 is 2.47 bits per heavy atom. The molecule has 2 aliphatic carbocycles. The summed E-state index contributed by atoms with van der Waals surface area (Å²) in [5, 5.41) is 5.98. The second-order valence-electron chi connectivity index (χ2n) is 17.6. The fourth-order valence-electron chi connectivity index (χ4n) is 9.23. The highest BCUT2D eigenvalue weighted by Gasteiger charge is 2.62. The molecule has 0 spiro atoms. The van der Waals surface area contributed by atoms with Crippen molar-refractivity contribution in [2.24, 2.45) is 11.8 Å². The molecule has 4 fully saturated rings. The summed E-state index contributed by atoms with van der Waals surface area (Å²) < 4.78 is 46.7. The van der Waals surface area contributed by atoms with Gasteiger partial charge in [-0.25, -0.2) is 18.2 Å². The van der Waals surface area contributed by atoms with Gasteiger partial charge in [0.05, 0.1) is 36.7 Å². The highest BCUT2D eigenvalue weighted by molar-refractivity contribution is 7.91. The maximum atomic E-state index is 14.8. The van der Waals surface area contributed by atoms with E-state index in [-0.39, 0.29) is 31.4 Å². The molecule has 4 amide bonds. The first-order chi connectivity index (χ1) is 28.9. The minimum Gasteiger partial charge on any atom is -0.496 e. The second kappa shape index (κ2) is 17.6. The van der Waals surface area contributed by atoms with E-state index in [1.165, 1.54) is 4.90 Å². The molecule has 8 rings (SSSR count). The molecule has 6 atom stereocenters. The highest BCUT2D eigenvalue weighted by atomic mass is 32.2. The van der Waals surface area contributed by atoms with Gasteiger partial charge in [0.1, 0.15) is 35.2 Å². The molecule has 0 unspecified atom stereocenters. The van der Waals surface area contributed by atoms with E-state index in [9.17, 15) is 27.6 Å². The van der Waals surface area contributed by atoms with E-state index in [4.69, 9.17) is 19.2 Å². The van der Waals surface area contributed by atoms with Crippen LogP contribution in [0, 0.1) is 11.8 Å². The van der Waals surface area contributed by atoms with E-state index in [1.807, 2.05) is 49.4 Å². The lowest BCUT2D eigenvalue weighted by atomic mass is 9.99. The van der Waals surface area contributed by atoms with Crippen molar-refractivity contribution < 1.29 is 41.8 Å². The number of aryl methyl sites for hydroxylation is 1. The molecule has 3 aromatic rings. The normalized spacial score (nSPS) is 28.3. The van der Waals surface area contributed by atoms with Gasteiger partial charge < -0.3 is 29.7 Å². The molecular weight excluding hydrogens is 787 g/mol. The number of carbonyl (C=O) groups is 4. The van der Waals surface area contributed by atoms with Gasteiger partial charge in [-0.1, -0.05) is 75.8 Å². The standard InChI is InChI=1S/C45H57N5O9S/c1-28-13-11-12-16-30-21-34-37(24-39(30)57-2)46-36(29-14-7-6-8-15-29)23-40(34)59-32-22-38-41(51)48-45(43(53)49-60(55,56)33-19-20-33)25-31(45)17-9-4-3-5-10-18-35(42(52)50(38)26-32)47-44(54)58-27-28/h6-8,14-15,21,23-24,28,31-33,35,38H,3-5,9-13,16-20,22,25-27H2,1-2H3,(H,47,54)(H,48,51)(H,49,53)/t28-,31+,32+,35-,38-,45+/m0/s1. The molecule has 4 heterocycles. The number of amides is 4. The summed E-state index contributed by atoms with van der Waals surface area (Å²) in [7, 11) is -2.23. The summed E-state index contributed by atoms with van der Waals surface area (Å²) in [6.07, 6.45) is 8.43. The molecule has 322 valence electrons. The summed E-state index contributed by atoms with van der Waals surface area (Å²) in [6.45, 7) is 2.25. The minimum absolute atomic E-state index is 0.0212. The summed E-state index contributed by atoms with van der Waals surface area (Å²) in [5.41, 5.74) is 1.80. The largest absolute Gasteiger partial charge is 0.496 e. The zero-order valence-electron chi connectivity index (χ0n) is 34.6. The van der Waals surface area contributed by atoms with E-state index in [2.05, 4.69) is 21.4 Å². The number of cyclic esters (lactones) is 1. The number of hydrogen-bond donors (Lipinski definition) is 3. The summed E-state index contributed by atoms with van der Waals surface area (Å²) in [6, 6.07) is 13.6. The third-order valence-corrected chi connectivity index (χ3v) is 14.8. The van der Waals surface area contributed by atoms with E-state index >= 15 is 0 Å². The Hall–Kier alpha value is -4.92. The topological polar surface area (TPSA) is 182 Å². The Kier molecular flexibility index (Phi) is 12.3. The lowest BCUT2D eigenvalue weighted by Crippen LogP contribution is -2.58. The molecule has 3 aliphatic heterocycles. The van der Waals surface area contributed by atoms with Crippen LogP contribution in [0.3, 0.4) is 0 Å². The number of hydrogen-bond acceptors (Lipinski definition) is 10. The molecule has 14 nitrogen and oxygen atoms in total. The van der Waals surface area contributed by atoms with Crippen LogP contribution in [0.1, 0.15) is 102 Å². The Balaban J connectivity index is 1.18. The van der Waals surface area contributed by atoms with Crippen LogP contribution in [0.2, 0.25) is 0 Å². The third-order valence-electron chi connectivity index (χ3n) is 13.0. The molecular formula is C45H57N5O9S. The Morgan fingerprint density at radius 2 is 1.70 bits per heavy atom. The number of benzene rings is 2. The van der Waals surface area contributed by atoms with Crippen molar-refractivity contribution in [2.45, 2.75) is 132 Å². The van der Waals surface area contributed by atoms with Crippen LogP contribution in [-0.2, 0) is 35.6 Å². The van der Waals surface area contributed by atoms with Gasteiger partial charge in [0.15, 0.2) is 0 Å². The van der Waals surface area contributed by atoms with Gasteiger partial charge in [0.2, 0.25) is 21.8 Å². The van der Waals surface area contributed by atoms with Gasteiger partial charge in [-0.15, -0.1) is 0 Å². The number of fused-ring (bicyclic) bond motifs is 4. The fourth-order valence-corrected chi connectivity index (χ4v) is 10.6. The predicted octanol–water partition coefficient (Wildman–Crippen LogP) is 5.94. The van der Waals surface area contributed by atoms with Gasteiger partial charge in [-0.2, -0.15) is 0 Å². The number of sulfonamides is 1. The molecule has 3 N–H and O–H groups in total. The number of aromatic nitrogens is 1. The van der Waals surface area contributed by atoms with Crippen molar-refractivity contribution in [3.8, 4) is 22.8 Å². The number of methoxy groups -OCH3 is 1. The first-order valence-corrected chi connectivity index (χ1v) is 23.3. The minimum atomic E-state index is -3.88. The van der Waals surface area contributed by atoms with E-state index in [1.54, 1.807) is 7.11 Å². The van der Waals surface area contributed by atoms with Gasteiger partial charge >= 0.3 is 6.09 Å². The van der Waals surface area contributed by atoms with Crippen LogP contribution in [0.15, 0.2) is 48.5 Å². The Labute approximate surface area is 351 Å². The molecule has 2 saturated heterocycles. The summed E-state index contributed by atoms with van der Waals surface area (Å²) in [4.78, 5) is 63.2. The fraction of sp³-hybridized carbons (Fsp3) is 0.578. The number of pyridine rings is 1. The van der Waals surface area contributed by atoms with Gasteiger partial charge in [0.25, 0.3) is 5.91 Å². The second-order valence-corrected chi connectivity index (χ2v) is 19.5. The van der Waals surface area contributed by atoms with Crippen molar-refractivity contribution in [3.63, 3.8) is 0 Å². The van der Waals surface area contributed by atoms with Gasteiger partial charge in [-0.05, 0) is 74.8 Å². The van der Waals surface area contributed by atoms with E-state index < -0.39 is 62.8 Å². The SMILES string of the molecule is COc1cc2nc(-c3ccccc3)cc3c2cc1CCCC[C@H](C)COC(=O)N[C@H]1CCCCCCC[C@@H]2C[C@@]2(C(=O)NS(=O)(=O)C2CC2)NC(=O)[C@@H]2C[C@H](CN2C1=O)O3. The molecule has 5 aliphatic rings. The molecule has 2 aromatic carbocycles. The summed E-state index contributed by atoms with van der Waals surface area (Å²) in [5.74, 6) is -0.653. The average molecular weight is 844 g/mol. The average Bonchev–Trinajstić information content (AvgIpc) is 4.17. The first-order valence-electron chi connectivity index (χ1n) is 21.8. The number of nitrogens with zero attached hydrogens (tertiary/aromatic N) is 2. The Bertz CT molecular complexity index is 2220. The molecule has 5 bridgehead atoms. The molecule has 1 aromatic heterocycles. The quantitative estimate of drug-likeness (QED) is 0.278. The first kappa shape index (κ1) is 41.8. The van der Waals surface area contributed by atoms with Crippen molar-refractivity contribution >= 4 is 44.7 Å². The van der Waals surface area contributed by atoms with Crippen LogP contribution in [0.25, 0.3) is 22.2 Å². The molecule has 0 radical (unpaired) electrons. The smallest absolute Gasteiger partial charge is 0.407 e. The highest BCUT2D eigenvalue weighted by Crippen LogP contribution is 2.48. The van der Waals surface area contributed by atoms with Crippen LogP contribution in [0.4, 0.5) is 4.79 Å². The maximum Gasteiger partial charge on any atom is 0.407 e. The van der Waals surface area contributed by atoms with Crippen LogP contribution < -0.4 is 24.8 Å². The number of ether oxygens (including phenoxy) is 3. The lowest BCUT2D eigenvalue weighted by Gasteiger charge is -2.30. The zero-order chi connectivity index (χ0) is 42.0. The Morgan fingerprint density at radius 1 is 0.950 bits per heavy atom.